The van der Waals surface area contributed by atoms with Gasteiger partial charge in [-0.15, -0.1) is 0 Å². The van der Waals surface area contributed by atoms with E-state index in [1.165, 1.54) is 13.2 Å². The van der Waals surface area contributed by atoms with E-state index in [1.807, 2.05) is 30.3 Å². The number of ketones is 1. The molecule has 2 rings (SSSR count). The van der Waals surface area contributed by atoms with E-state index in [0.29, 0.717) is 0 Å². The van der Waals surface area contributed by atoms with Crippen LogP contribution in [0.5, 0.6) is 0 Å². The second-order valence-corrected chi connectivity index (χ2v) is 4.26. The van der Waals surface area contributed by atoms with Crippen LogP contribution in [-0.4, -0.2) is 18.9 Å². The number of nitrogens with one attached hydrogen (secondary N) is 1. The van der Waals surface area contributed by atoms with Gasteiger partial charge in [-0.25, -0.2) is 0 Å². The van der Waals surface area contributed by atoms with Crippen LogP contribution in [0.15, 0.2) is 42.1 Å². The maximum absolute atomic E-state index is 12.0. The monoisotopic (exact) mass is 245 g/mol. The first kappa shape index (κ1) is 12.4. The van der Waals surface area contributed by atoms with Crippen LogP contribution in [0, 0.1) is 5.92 Å². The zero-order valence-corrected chi connectivity index (χ0v) is 10.3. The molecule has 0 radical (unpaired) electrons. The predicted octanol–water partition coefficient (Wildman–Crippen LogP) is 1.59. The summed E-state index contributed by atoms with van der Waals surface area (Å²) in [7, 11) is 1.29. The number of allylic oxidation sites excluding steroid dienone is 2. The molecule has 0 amide bonds. The van der Waals surface area contributed by atoms with E-state index in [-0.39, 0.29) is 11.8 Å². The van der Waals surface area contributed by atoms with Crippen molar-refractivity contribution in [2.45, 2.75) is 13.0 Å². The van der Waals surface area contributed by atoms with Crippen LogP contribution in [0.25, 0.3) is 0 Å². The summed E-state index contributed by atoms with van der Waals surface area (Å²) >= 11 is 0. The first-order valence-corrected chi connectivity index (χ1v) is 5.75. The van der Waals surface area contributed by atoms with E-state index in [0.717, 1.165) is 11.3 Å². The van der Waals surface area contributed by atoms with E-state index in [4.69, 9.17) is 4.74 Å². The average molecular weight is 245 g/mol. The van der Waals surface area contributed by atoms with Crippen LogP contribution in [0.3, 0.4) is 0 Å². The minimum absolute atomic E-state index is 0.216. The minimum Gasteiger partial charge on any atom is -0.468 e. The Balaban J connectivity index is 2.40. The molecule has 0 fully saturated rings. The SMILES string of the molecule is COC(=O)[C@H]1C(=O)C=C(C)N[C@@H]1c1ccccc1. The minimum atomic E-state index is -0.818. The number of methoxy groups -OCH3 is 1. The fourth-order valence-electron chi connectivity index (χ4n) is 2.15. The van der Waals surface area contributed by atoms with Gasteiger partial charge in [0.25, 0.3) is 0 Å². The Bertz CT molecular complexity index is 493. The van der Waals surface area contributed by atoms with Crippen LogP contribution in [0.4, 0.5) is 0 Å². The van der Waals surface area contributed by atoms with Crippen molar-refractivity contribution in [3.8, 4) is 0 Å². The molecule has 2 atom stereocenters. The van der Waals surface area contributed by atoms with Crippen molar-refractivity contribution in [2.75, 3.05) is 7.11 Å². The van der Waals surface area contributed by atoms with Gasteiger partial charge in [0.1, 0.15) is 5.92 Å². The molecule has 0 unspecified atom stereocenters. The molecular formula is C14H15NO3. The first-order chi connectivity index (χ1) is 8.63. The number of benzene rings is 1. The van der Waals surface area contributed by atoms with Crippen molar-refractivity contribution in [1.29, 1.82) is 0 Å². The highest BCUT2D eigenvalue weighted by Gasteiger charge is 2.38. The number of ether oxygens (including phenoxy) is 1. The third kappa shape index (κ3) is 2.27. The quantitative estimate of drug-likeness (QED) is 0.635. The van der Waals surface area contributed by atoms with Crippen molar-refractivity contribution in [2.24, 2.45) is 5.92 Å². The summed E-state index contributed by atoms with van der Waals surface area (Å²) in [5.41, 5.74) is 1.66. The van der Waals surface area contributed by atoms with Crippen LogP contribution >= 0.6 is 0 Å². The molecule has 1 aliphatic rings. The molecule has 0 aliphatic carbocycles. The van der Waals surface area contributed by atoms with Gasteiger partial charge in [-0.1, -0.05) is 30.3 Å². The fraction of sp³-hybridized carbons (Fsp3) is 0.286. The van der Waals surface area contributed by atoms with E-state index in [9.17, 15) is 9.59 Å². The third-order valence-corrected chi connectivity index (χ3v) is 3.00. The Morgan fingerprint density at radius 3 is 2.56 bits per heavy atom. The number of rotatable bonds is 2. The van der Waals surface area contributed by atoms with Gasteiger partial charge >= 0.3 is 5.97 Å². The van der Waals surface area contributed by atoms with Crippen LogP contribution in [-0.2, 0) is 14.3 Å². The largest absolute Gasteiger partial charge is 0.468 e. The summed E-state index contributed by atoms with van der Waals surface area (Å²) in [5, 5.41) is 3.17. The number of carbonyl (C=O) groups excluding carboxylic acids is 2. The Hall–Kier alpha value is -2.10. The van der Waals surface area contributed by atoms with E-state index >= 15 is 0 Å². The van der Waals surface area contributed by atoms with Crippen molar-refractivity contribution in [1.82, 2.24) is 5.32 Å². The van der Waals surface area contributed by atoms with Crippen molar-refractivity contribution in [3.63, 3.8) is 0 Å². The number of hydrogen-bond donors (Lipinski definition) is 1. The molecule has 1 aromatic rings. The zero-order valence-electron chi connectivity index (χ0n) is 10.3. The number of carbonyl (C=O) groups is 2. The molecule has 1 aromatic carbocycles. The number of hydrogen-bond acceptors (Lipinski definition) is 4. The summed E-state index contributed by atoms with van der Waals surface area (Å²) in [6, 6.07) is 9.06. The van der Waals surface area contributed by atoms with Crippen molar-refractivity contribution >= 4 is 11.8 Å². The first-order valence-electron chi connectivity index (χ1n) is 5.75. The summed E-state index contributed by atoms with van der Waals surface area (Å²) in [5.74, 6) is -1.54. The molecule has 0 saturated heterocycles. The molecule has 0 spiro atoms. The van der Waals surface area contributed by atoms with Gasteiger partial charge in [0.15, 0.2) is 5.78 Å². The molecule has 0 saturated carbocycles. The molecule has 1 N–H and O–H groups in total. The molecule has 94 valence electrons. The highest BCUT2D eigenvalue weighted by atomic mass is 16.5. The Morgan fingerprint density at radius 2 is 1.94 bits per heavy atom. The van der Waals surface area contributed by atoms with Gasteiger partial charge in [0, 0.05) is 11.8 Å². The van der Waals surface area contributed by atoms with Gasteiger partial charge in [0.2, 0.25) is 0 Å². The van der Waals surface area contributed by atoms with Crippen LogP contribution < -0.4 is 5.32 Å². The molecular weight excluding hydrogens is 230 g/mol. The fourth-order valence-corrected chi connectivity index (χ4v) is 2.15. The van der Waals surface area contributed by atoms with Gasteiger partial charge < -0.3 is 10.1 Å². The highest BCUT2D eigenvalue weighted by Crippen LogP contribution is 2.28. The maximum Gasteiger partial charge on any atom is 0.319 e. The van der Waals surface area contributed by atoms with E-state index in [1.54, 1.807) is 6.92 Å². The summed E-state index contributed by atoms with van der Waals surface area (Å²) in [4.78, 5) is 23.7. The lowest BCUT2D eigenvalue weighted by Gasteiger charge is -2.29. The second-order valence-electron chi connectivity index (χ2n) is 4.26. The van der Waals surface area contributed by atoms with Crippen molar-refractivity contribution < 1.29 is 14.3 Å². The highest BCUT2D eigenvalue weighted by molar-refractivity contribution is 6.06. The smallest absolute Gasteiger partial charge is 0.319 e. The van der Waals surface area contributed by atoms with Crippen LogP contribution in [0.2, 0.25) is 0 Å². The Morgan fingerprint density at radius 1 is 1.28 bits per heavy atom. The van der Waals surface area contributed by atoms with E-state index in [2.05, 4.69) is 5.32 Å². The predicted molar refractivity (Wildman–Crippen MR) is 66.6 cm³/mol. The number of esters is 1. The lowest BCUT2D eigenvalue weighted by Crippen LogP contribution is -2.41. The third-order valence-electron chi connectivity index (χ3n) is 3.00. The van der Waals surface area contributed by atoms with E-state index < -0.39 is 11.9 Å². The summed E-state index contributed by atoms with van der Waals surface area (Å²) in [6.07, 6.45) is 1.45. The summed E-state index contributed by atoms with van der Waals surface area (Å²) < 4.78 is 4.72. The van der Waals surface area contributed by atoms with Crippen LogP contribution in [0.1, 0.15) is 18.5 Å². The normalized spacial score (nSPS) is 23.0. The molecule has 4 nitrogen and oxygen atoms in total. The maximum atomic E-state index is 12.0. The lowest BCUT2D eigenvalue weighted by atomic mass is 9.86. The van der Waals surface area contributed by atoms with Gasteiger partial charge in [-0.3, -0.25) is 9.59 Å². The zero-order chi connectivity index (χ0) is 13.1. The molecule has 18 heavy (non-hydrogen) atoms. The van der Waals surface area contributed by atoms with Gasteiger partial charge in [-0.2, -0.15) is 0 Å². The molecule has 1 heterocycles. The second kappa shape index (κ2) is 5.04. The van der Waals surface area contributed by atoms with Gasteiger partial charge in [-0.05, 0) is 12.5 Å². The molecule has 0 bridgehead atoms. The lowest BCUT2D eigenvalue weighted by molar-refractivity contribution is -0.149. The Kier molecular flexibility index (Phi) is 3.46. The molecule has 0 aromatic heterocycles. The molecule has 4 heteroatoms. The Labute approximate surface area is 106 Å². The average Bonchev–Trinajstić information content (AvgIpc) is 2.38. The standard InChI is InChI=1S/C14H15NO3/c1-9-8-11(16)12(14(17)18-2)13(15-9)10-6-4-3-5-7-10/h3-8,12-13,15H,1-2H3/t12-,13+/m0/s1. The molecule has 1 aliphatic heterocycles. The van der Waals surface area contributed by atoms with Gasteiger partial charge in [0.05, 0.1) is 13.2 Å². The topological polar surface area (TPSA) is 55.4 Å². The summed E-state index contributed by atoms with van der Waals surface area (Å²) in [6.45, 7) is 1.81. The van der Waals surface area contributed by atoms with Crippen molar-refractivity contribution in [3.05, 3.63) is 47.7 Å².